The van der Waals surface area contributed by atoms with Crippen molar-refractivity contribution in [3.8, 4) is 11.6 Å². The summed E-state index contributed by atoms with van der Waals surface area (Å²) in [6.07, 6.45) is -3.11. The molecule has 150 valence electrons. The smallest absolute Gasteiger partial charge is 0.416 e. The molecule has 7 nitrogen and oxygen atoms in total. The SMILES string of the molecule is CC(CN(C)C(=O)Nc1ccc(Oc2ccc(C(F)(F)F)cc2)nc1)C(=O)O. The van der Waals surface area contributed by atoms with Crippen molar-refractivity contribution in [3.05, 3.63) is 48.2 Å². The normalized spacial score (nSPS) is 12.2. The summed E-state index contributed by atoms with van der Waals surface area (Å²) >= 11 is 0. The minimum absolute atomic E-state index is 0.0315. The third-order valence-corrected chi connectivity index (χ3v) is 3.71. The first-order chi connectivity index (χ1) is 13.1. The summed E-state index contributed by atoms with van der Waals surface area (Å²) in [6.45, 7) is 1.52. The van der Waals surface area contributed by atoms with Gasteiger partial charge >= 0.3 is 18.2 Å². The lowest BCUT2D eigenvalue weighted by atomic mass is 10.2. The van der Waals surface area contributed by atoms with Crippen LogP contribution in [0.15, 0.2) is 42.6 Å². The number of ether oxygens (including phenoxy) is 1. The third kappa shape index (κ3) is 5.86. The number of carboxylic acid groups (broad SMARTS) is 1. The molecule has 0 aliphatic rings. The van der Waals surface area contributed by atoms with Crippen LogP contribution in [0.25, 0.3) is 0 Å². The fourth-order valence-corrected chi connectivity index (χ4v) is 2.14. The lowest BCUT2D eigenvalue weighted by Crippen LogP contribution is -2.36. The number of benzene rings is 1. The van der Waals surface area contributed by atoms with E-state index in [0.717, 1.165) is 12.1 Å². The zero-order valence-electron chi connectivity index (χ0n) is 15.0. The summed E-state index contributed by atoms with van der Waals surface area (Å²) in [5.74, 6) is -1.41. The Morgan fingerprint density at radius 3 is 2.36 bits per heavy atom. The highest BCUT2D eigenvalue weighted by molar-refractivity contribution is 5.89. The predicted molar refractivity (Wildman–Crippen MR) is 94.2 cm³/mol. The first-order valence-corrected chi connectivity index (χ1v) is 8.12. The van der Waals surface area contributed by atoms with Gasteiger partial charge in [-0.15, -0.1) is 0 Å². The number of amides is 2. The van der Waals surface area contributed by atoms with E-state index in [1.54, 1.807) is 0 Å². The van der Waals surface area contributed by atoms with Crippen LogP contribution in [0.1, 0.15) is 12.5 Å². The van der Waals surface area contributed by atoms with Crippen molar-refractivity contribution in [3.63, 3.8) is 0 Å². The molecule has 0 aliphatic carbocycles. The Morgan fingerprint density at radius 2 is 1.86 bits per heavy atom. The molecular weight excluding hydrogens is 379 g/mol. The maximum atomic E-state index is 12.5. The number of aromatic nitrogens is 1. The van der Waals surface area contributed by atoms with E-state index < -0.39 is 29.7 Å². The molecule has 1 aromatic carbocycles. The van der Waals surface area contributed by atoms with Crippen LogP contribution in [-0.2, 0) is 11.0 Å². The van der Waals surface area contributed by atoms with Gasteiger partial charge < -0.3 is 20.1 Å². The van der Waals surface area contributed by atoms with Crippen LogP contribution < -0.4 is 10.1 Å². The number of hydrogen-bond donors (Lipinski definition) is 2. The number of carbonyl (C=O) groups excluding carboxylic acids is 1. The lowest BCUT2D eigenvalue weighted by Gasteiger charge is -2.19. The fraction of sp³-hybridized carbons (Fsp3) is 0.278. The lowest BCUT2D eigenvalue weighted by molar-refractivity contribution is -0.141. The number of urea groups is 1. The molecule has 0 saturated carbocycles. The summed E-state index contributed by atoms with van der Waals surface area (Å²) in [5, 5.41) is 11.4. The Kier molecular flexibility index (Phi) is 6.45. The van der Waals surface area contributed by atoms with Gasteiger partial charge in [0, 0.05) is 19.7 Å². The number of alkyl halides is 3. The van der Waals surface area contributed by atoms with Crippen molar-refractivity contribution in [2.24, 2.45) is 5.92 Å². The molecule has 1 heterocycles. The van der Waals surface area contributed by atoms with Crippen molar-refractivity contribution in [2.45, 2.75) is 13.1 Å². The van der Waals surface area contributed by atoms with E-state index in [0.29, 0.717) is 5.69 Å². The predicted octanol–water partition coefficient (Wildman–Crippen LogP) is 4.08. The fourth-order valence-electron chi connectivity index (χ4n) is 2.14. The van der Waals surface area contributed by atoms with Crippen molar-refractivity contribution >= 4 is 17.7 Å². The molecule has 0 saturated heterocycles. The van der Waals surface area contributed by atoms with Gasteiger partial charge in [0.15, 0.2) is 0 Å². The van der Waals surface area contributed by atoms with Crippen LogP contribution in [0.5, 0.6) is 11.6 Å². The molecule has 0 spiro atoms. The number of rotatable bonds is 6. The van der Waals surface area contributed by atoms with Crippen molar-refractivity contribution in [1.82, 2.24) is 9.88 Å². The number of halogens is 3. The Bertz CT molecular complexity index is 823. The summed E-state index contributed by atoms with van der Waals surface area (Å²) in [6, 6.07) is 6.59. The molecule has 0 aliphatic heterocycles. The summed E-state index contributed by atoms with van der Waals surface area (Å²) in [5.41, 5.74) is -0.438. The van der Waals surface area contributed by atoms with Crippen LogP contribution >= 0.6 is 0 Å². The molecule has 10 heteroatoms. The van der Waals surface area contributed by atoms with Crippen molar-refractivity contribution in [2.75, 3.05) is 18.9 Å². The number of anilines is 1. The maximum absolute atomic E-state index is 12.5. The van der Waals surface area contributed by atoms with E-state index in [2.05, 4.69) is 10.3 Å². The molecule has 2 amide bonds. The number of aliphatic carboxylic acids is 1. The summed E-state index contributed by atoms with van der Waals surface area (Å²) in [7, 11) is 1.46. The second-order valence-electron chi connectivity index (χ2n) is 6.06. The monoisotopic (exact) mass is 397 g/mol. The Hall–Kier alpha value is -3.30. The molecule has 0 fully saturated rings. The minimum atomic E-state index is -4.42. The van der Waals surface area contributed by atoms with Crippen molar-refractivity contribution in [1.29, 1.82) is 0 Å². The van der Waals surface area contributed by atoms with E-state index >= 15 is 0 Å². The number of nitrogens with zero attached hydrogens (tertiary/aromatic N) is 2. The molecular formula is C18H18F3N3O4. The van der Waals surface area contributed by atoms with Crippen LogP contribution in [0.2, 0.25) is 0 Å². The topological polar surface area (TPSA) is 91.8 Å². The van der Waals surface area contributed by atoms with E-state index in [1.165, 1.54) is 49.3 Å². The average molecular weight is 397 g/mol. The number of carboxylic acids is 1. The van der Waals surface area contributed by atoms with Gasteiger partial charge in [0.2, 0.25) is 5.88 Å². The van der Waals surface area contributed by atoms with E-state index in [1.807, 2.05) is 0 Å². The molecule has 1 atom stereocenters. The van der Waals surface area contributed by atoms with Crippen LogP contribution in [0, 0.1) is 5.92 Å². The van der Waals surface area contributed by atoms with Gasteiger partial charge in [0.05, 0.1) is 23.4 Å². The van der Waals surface area contributed by atoms with Gasteiger partial charge in [-0.3, -0.25) is 4.79 Å². The van der Waals surface area contributed by atoms with Crippen molar-refractivity contribution < 1.29 is 32.6 Å². The standard InChI is InChI=1S/C18H18F3N3O4/c1-11(16(25)26)10-24(2)17(27)23-13-5-8-15(22-9-13)28-14-6-3-12(4-7-14)18(19,20)21/h3-9,11H,10H2,1-2H3,(H,23,27)(H,25,26). The van der Waals surface area contributed by atoms with Gasteiger partial charge in [-0.05, 0) is 30.3 Å². The first-order valence-electron chi connectivity index (χ1n) is 8.12. The van der Waals surface area contributed by atoms with Gasteiger partial charge in [0.1, 0.15) is 5.75 Å². The number of carbonyl (C=O) groups is 2. The number of hydrogen-bond acceptors (Lipinski definition) is 4. The zero-order valence-corrected chi connectivity index (χ0v) is 15.0. The molecule has 0 radical (unpaired) electrons. The first kappa shape index (κ1) is 21.0. The molecule has 28 heavy (non-hydrogen) atoms. The molecule has 2 aromatic rings. The highest BCUT2D eigenvalue weighted by Gasteiger charge is 2.30. The average Bonchev–Trinajstić information content (AvgIpc) is 2.62. The van der Waals surface area contributed by atoms with Crippen LogP contribution in [-0.4, -0.2) is 40.6 Å². The van der Waals surface area contributed by atoms with Crippen LogP contribution in [0.3, 0.4) is 0 Å². The molecule has 2 N–H and O–H groups in total. The van der Waals surface area contributed by atoms with E-state index in [4.69, 9.17) is 9.84 Å². The van der Waals surface area contributed by atoms with Crippen LogP contribution in [0.4, 0.5) is 23.7 Å². The Morgan fingerprint density at radius 1 is 1.21 bits per heavy atom. The van der Waals surface area contributed by atoms with Gasteiger partial charge in [0.25, 0.3) is 0 Å². The number of pyridine rings is 1. The van der Waals surface area contributed by atoms with Gasteiger partial charge in [-0.1, -0.05) is 6.92 Å². The van der Waals surface area contributed by atoms with E-state index in [-0.39, 0.29) is 18.2 Å². The minimum Gasteiger partial charge on any atom is -0.481 e. The second-order valence-corrected chi connectivity index (χ2v) is 6.06. The molecule has 1 unspecified atom stereocenters. The second kappa shape index (κ2) is 8.59. The van der Waals surface area contributed by atoms with E-state index in [9.17, 15) is 22.8 Å². The Labute approximate surface area is 158 Å². The Balaban J connectivity index is 1.94. The van der Waals surface area contributed by atoms with Gasteiger partial charge in [-0.25, -0.2) is 9.78 Å². The molecule has 2 rings (SSSR count). The summed E-state index contributed by atoms with van der Waals surface area (Å²) < 4.78 is 43.0. The molecule has 0 bridgehead atoms. The zero-order chi connectivity index (χ0) is 20.9. The molecule has 1 aromatic heterocycles. The third-order valence-electron chi connectivity index (χ3n) is 3.71. The maximum Gasteiger partial charge on any atom is 0.416 e. The number of nitrogens with one attached hydrogen (secondary N) is 1. The highest BCUT2D eigenvalue weighted by atomic mass is 19.4. The summed E-state index contributed by atoms with van der Waals surface area (Å²) in [4.78, 5) is 28.1. The largest absolute Gasteiger partial charge is 0.481 e. The van der Waals surface area contributed by atoms with Gasteiger partial charge in [-0.2, -0.15) is 13.2 Å². The quantitative estimate of drug-likeness (QED) is 0.767. The highest BCUT2D eigenvalue weighted by Crippen LogP contribution is 2.31.